The van der Waals surface area contributed by atoms with Crippen molar-refractivity contribution in [2.75, 3.05) is 0 Å². The minimum atomic E-state index is -2.36. The van der Waals surface area contributed by atoms with Crippen LogP contribution in [0.2, 0.25) is 0 Å². The molecular weight excluding hydrogens is 162 g/mol. The molecule has 0 heterocycles. The van der Waals surface area contributed by atoms with Crippen LogP contribution in [0.3, 0.4) is 0 Å². The van der Waals surface area contributed by atoms with E-state index in [1.807, 2.05) is 13.8 Å². The minimum Gasteiger partial charge on any atom is -0.300 e. The monoisotopic (exact) mass is 176 g/mol. The number of hydrogen-bond donors (Lipinski definition) is 0. The highest BCUT2D eigenvalue weighted by Crippen LogP contribution is 2.42. The molecule has 0 radical (unpaired) electrons. The van der Waals surface area contributed by atoms with Crippen LogP contribution in [0.5, 0.6) is 0 Å². The number of hydrogen-bond acceptors (Lipinski definition) is 1. The van der Waals surface area contributed by atoms with Crippen LogP contribution in [0.1, 0.15) is 33.1 Å². The fraction of sp³-hybridized carbons (Fsp3) is 0.889. The molecule has 0 aromatic heterocycles. The largest absolute Gasteiger partial charge is 0.300 e. The first-order valence-electron chi connectivity index (χ1n) is 4.23. The number of alkyl halides is 2. The van der Waals surface area contributed by atoms with Crippen molar-refractivity contribution in [1.82, 2.24) is 0 Å². The van der Waals surface area contributed by atoms with E-state index in [1.54, 1.807) is 0 Å². The highest BCUT2D eigenvalue weighted by Gasteiger charge is 2.40. The topological polar surface area (TPSA) is 17.1 Å². The van der Waals surface area contributed by atoms with E-state index in [4.69, 9.17) is 0 Å². The summed E-state index contributed by atoms with van der Waals surface area (Å²) >= 11 is 0. The number of carbonyl (C=O) groups is 1. The molecule has 0 saturated heterocycles. The summed E-state index contributed by atoms with van der Waals surface area (Å²) in [7, 11) is 0. The highest BCUT2D eigenvalue weighted by atomic mass is 19.3. The Morgan fingerprint density at radius 1 is 1.50 bits per heavy atom. The molecule has 0 spiro atoms. The lowest BCUT2D eigenvalue weighted by molar-refractivity contribution is -0.128. The van der Waals surface area contributed by atoms with Crippen molar-refractivity contribution < 1.29 is 13.6 Å². The molecule has 1 nitrogen and oxygen atoms in total. The summed E-state index contributed by atoms with van der Waals surface area (Å²) in [5.41, 5.74) is -0.373. The van der Waals surface area contributed by atoms with Gasteiger partial charge in [-0.1, -0.05) is 13.8 Å². The number of halogens is 2. The van der Waals surface area contributed by atoms with Gasteiger partial charge in [0.2, 0.25) is 6.43 Å². The predicted molar refractivity (Wildman–Crippen MR) is 42.1 cm³/mol. The second-order valence-electron chi connectivity index (χ2n) is 4.17. The number of carbonyl (C=O) groups excluding carboxylic acids is 1. The van der Waals surface area contributed by atoms with E-state index >= 15 is 0 Å². The Morgan fingerprint density at radius 2 is 2.08 bits per heavy atom. The molecule has 0 aliphatic heterocycles. The molecule has 1 unspecified atom stereocenters. The number of Topliss-reactive ketones (excluding diaryl/α,β-unsaturated/α-hetero) is 1. The number of ketones is 1. The van der Waals surface area contributed by atoms with Crippen LogP contribution < -0.4 is 0 Å². The van der Waals surface area contributed by atoms with Gasteiger partial charge < -0.3 is 0 Å². The van der Waals surface area contributed by atoms with Crippen LogP contribution in [-0.4, -0.2) is 12.2 Å². The summed E-state index contributed by atoms with van der Waals surface area (Å²) in [5, 5.41) is 0. The molecule has 12 heavy (non-hydrogen) atoms. The Labute approximate surface area is 71.1 Å². The zero-order valence-corrected chi connectivity index (χ0v) is 7.44. The van der Waals surface area contributed by atoms with Gasteiger partial charge in [0, 0.05) is 18.8 Å². The van der Waals surface area contributed by atoms with E-state index in [9.17, 15) is 13.6 Å². The molecule has 0 N–H and O–H groups in total. The Morgan fingerprint density at radius 3 is 2.50 bits per heavy atom. The highest BCUT2D eigenvalue weighted by molar-refractivity contribution is 5.79. The Kier molecular flexibility index (Phi) is 2.49. The molecule has 1 aliphatic carbocycles. The molecular formula is C9H14F2O. The van der Waals surface area contributed by atoms with E-state index in [0.29, 0.717) is 12.8 Å². The smallest absolute Gasteiger partial charge is 0.242 e. The van der Waals surface area contributed by atoms with E-state index in [0.717, 1.165) is 0 Å². The third-order valence-corrected chi connectivity index (χ3v) is 2.80. The predicted octanol–water partition coefficient (Wildman–Crippen LogP) is 2.65. The molecule has 1 atom stereocenters. The van der Waals surface area contributed by atoms with Crippen molar-refractivity contribution >= 4 is 5.78 Å². The van der Waals surface area contributed by atoms with Crippen molar-refractivity contribution in [1.29, 1.82) is 0 Å². The standard InChI is InChI=1S/C9H14F2O/c1-9(2)4-3-6(12)5-7(9)8(10)11/h7-8H,3-5H2,1-2H3. The summed E-state index contributed by atoms with van der Waals surface area (Å²) < 4.78 is 24.9. The molecule has 0 amide bonds. The normalized spacial score (nSPS) is 29.4. The van der Waals surface area contributed by atoms with Crippen molar-refractivity contribution in [2.45, 2.75) is 39.5 Å². The maximum atomic E-state index is 12.4. The summed E-state index contributed by atoms with van der Waals surface area (Å²) in [5.74, 6) is -0.752. The molecule has 0 aromatic rings. The fourth-order valence-electron chi connectivity index (χ4n) is 1.70. The fourth-order valence-corrected chi connectivity index (χ4v) is 1.70. The van der Waals surface area contributed by atoms with Crippen LogP contribution in [0.15, 0.2) is 0 Å². The summed E-state index contributed by atoms with van der Waals surface area (Å²) in [4.78, 5) is 10.9. The van der Waals surface area contributed by atoms with E-state index in [2.05, 4.69) is 0 Å². The first-order valence-corrected chi connectivity index (χ1v) is 4.23. The molecule has 70 valence electrons. The van der Waals surface area contributed by atoms with Gasteiger partial charge in [-0.25, -0.2) is 8.78 Å². The van der Waals surface area contributed by atoms with Crippen LogP contribution >= 0.6 is 0 Å². The van der Waals surface area contributed by atoms with Gasteiger partial charge in [0.05, 0.1) is 0 Å². The van der Waals surface area contributed by atoms with Gasteiger partial charge in [-0.15, -0.1) is 0 Å². The minimum absolute atomic E-state index is 0.0142. The third kappa shape index (κ3) is 1.82. The van der Waals surface area contributed by atoms with Crippen LogP contribution in [0.4, 0.5) is 8.78 Å². The van der Waals surface area contributed by atoms with Gasteiger partial charge in [-0.2, -0.15) is 0 Å². The second-order valence-corrected chi connectivity index (χ2v) is 4.17. The van der Waals surface area contributed by atoms with Gasteiger partial charge >= 0.3 is 0 Å². The van der Waals surface area contributed by atoms with Gasteiger partial charge in [0.25, 0.3) is 0 Å². The van der Waals surface area contributed by atoms with Crippen LogP contribution in [-0.2, 0) is 4.79 Å². The molecule has 1 rings (SSSR count). The lowest BCUT2D eigenvalue weighted by Gasteiger charge is -2.37. The molecule has 0 aromatic carbocycles. The van der Waals surface area contributed by atoms with Crippen molar-refractivity contribution in [3.8, 4) is 0 Å². The van der Waals surface area contributed by atoms with E-state index in [1.165, 1.54) is 0 Å². The molecule has 1 aliphatic rings. The lowest BCUT2D eigenvalue weighted by atomic mass is 9.68. The van der Waals surface area contributed by atoms with Crippen LogP contribution in [0.25, 0.3) is 0 Å². The maximum absolute atomic E-state index is 12.4. The first kappa shape index (κ1) is 9.62. The van der Waals surface area contributed by atoms with Gasteiger partial charge in [-0.05, 0) is 11.8 Å². The molecule has 3 heteroatoms. The first-order chi connectivity index (χ1) is 5.43. The molecule has 1 saturated carbocycles. The summed E-state index contributed by atoms with van der Waals surface area (Å²) in [6, 6.07) is 0. The van der Waals surface area contributed by atoms with Gasteiger partial charge in [0.15, 0.2) is 0 Å². The Hall–Kier alpha value is -0.470. The zero-order valence-electron chi connectivity index (χ0n) is 7.44. The maximum Gasteiger partial charge on any atom is 0.242 e. The number of rotatable bonds is 1. The average Bonchev–Trinajstić information content (AvgIpc) is 1.94. The summed E-state index contributed by atoms with van der Waals surface area (Å²) in [6.07, 6.45) is -1.23. The molecule has 1 fully saturated rings. The SMILES string of the molecule is CC1(C)CCC(=O)CC1C(F)F. The van der Waals surface area contributed by atoms with E-state index < -0.39 is 12.3 Å². The molecule has 0 bridgehead atoms. The second kappa shape index (κ2) is 3.11. The van der Waals surface area contributed by atoms with Crippen molar-refractivity contribution in [2.24, 2.45) is 11.3 Å². The Balaban J connectivity index is 2.72. The van der Waals surface area contributed by atoms with Gasteiger partial charge in [-0.3, -0.25) is 4.79 Å². The average molecular weight is 176 g/mol. The van der Waals surface area contributed by atoms with Crippen molar-refractivity contribution in [3.05, 3.63) is 0 Å². The van der Waals surface area contributed by atoms with Crippen LogP contribution in [0, 0.1) is 11.3 Å². The third-order valence-electron chi connectivity index (χ3n) is 2.80. The van der Waals surface area contributed by atoms with Gasteiger partial charge in [0.1, 0.15) is 5.78 Å². The Bertz CT molecular complexity index is 187. The summed E-state index contributed by atoms with van der Waals surface area (Å²) in [6.45, 7) is 3.63. The zero-order chi connectivity index (χ0) is 9.35. The quantitative estimate of drug-likeness (QED) is 0.600. The lowest BCUT2D eigenvalue weighted by Crippen LogP contribution is -2.36. The van der Waals surface area contributed by atoms with Crippen molar-refractivity contribution in [3.63, 3.8) is 0 Å². The van der Waals surface area contributed by atoms with E-state index in [-0.39, 0.29) is 17.6 Å².